The van der Waals surface area contributed by atoms with Crippen molar-refractivity contribution in [3.8, 4) is 0 Å². The summed E-state index contributed by atoms with van der Waals surface area (Å²) in [6.45, 7) is 3.19. The molecule has 6 nitrogen and oxygen atoms in total. The third kappa shape index (κ3) is 1.99. The Kier molecular flexibility index (Phi) is 2.78. The van der Waals surface area contributed by atoms with Crippen molar-refractivity contribution in [2.75, 3.05) is 24.5 Å². The molecule has 0 radical (unpaired) electrons. The average molecular weight is 241 g/mol. The van der Waals surface area contributed by atoms with E-state index in [1.54, 1.807) is 11.8 Å². The number of aryl methyl sites for hydroxylation is 1. The van der Waals surface area contributed by atoms with Crippen molar-refractivity contribution in [1.82, 2.24) is 10.3 Å². The summed E-state index contributed by atoms with van der Waals surface area (Å²) in [4.78, 5) is 28.5. The highest BCUT2D eigenvalue weighted by molar-refractivity contribution is 7.15. The highest BCUT2D eigenvalue weighted by atomic mass is 32.1. The largest absolute Gasteiger partial charge is 0.476 e. The number of carboxylic acid groups (broad SMARTS) is 1. The van der Waals surface area contributed by atoms with E-state index in [0.717, 1.165) is 0 Å². The number of aromatic carboxylic acids is 1. The minimum Gasteiger partial charge on any atom is -0.476 e. The quantitative estimate of drug-likeness (QED) is 0.766. The number of amides is 1. The number of anilines is 1. The van der Waals surface area contributed by atoms with Crippen molar-refractivity contribution in [1.29, 1.82) is 0 Å². The number of hydrogen-bond donors (Lipinski definition) is 2. The molecule has 0 spiro atoms. The van der Waals surface area contributed by atoms with Crippen molar-refractivity contribution in [2.45, 2.75) is 6.92 Å². The molecule has 1 aliphatic heterocycles. The SMILES string of the molecule is Cc1sc(N2CCNC(=O)C2)nc1C(=O)O. The van der Waals surface area contributed by atoms with Crippen LogP contribution in [0.25, 0.3) is 0 Å². The monoisotopic (exact) mass is 241 g/mol. The number of nitrogens with one attached hydrogen (secondary N) is 1. The first kappa shape index (κ1) is 10.9. The molecule has 1 aromatic rings. The zero-order valence-corrected chi connectivity index (χ0v) is 9.50. The number of hydrogen-bond acceptors (Lipinski definition) is 5. The van der Waals surface area contributed by atoms with Crippen LogP contribution in [0.5, 0.6) is 0 Å². The molecular formula is C9H11N3O3S. The number of carbonyl (C=O) groups is 2. The second kappa shape index (κ2) is 4.09. The second-order valence-electron chi connectivity index (χ2n) is 3.48. The normalized spacial score (nSPS) is 16.1. The van der Waals surface area contributed by atoms with E-state index in [-0.39, 0.29) is 18.1 Å². The number of nitrogens with zero attached hydrogens (tertiary/aromatic N) is 2. The third-order valence-corrected chi connectivity index (χ3v) is 3.33. The first-order valence-corrected chi connectivity index (χ1v) is 5.62. The highest BCUT2D eigenvalue weighted by Gasteiger charge is 2.22. The van der Waals surface area contributed by atoms with Crippen LogP contribution in [0.2, 0.25) is 0 Å². The van der Waals surface area contributed by atoms with Gasteiger partial charge in [0.2, 0.25) is 5.91 Å². The Balaban J connectivity index is 2.23. The molecule has 2 N–H and O–H groups in total. The summed E-state index contributed by atoms with van der Waals surface area (Å²) >= 11 is 1.31. The van der Waals surface area contributed by atoms with Gasteiger partial charge in [-0.1, -0.05) is 0 Å². The summed E-state index contributed by atoms with van der Waals surface area (Å²) in [5, 5.41) is 12.2. The molecule has 0 atom stereocenters. The van der Waals surface area contributed by atoms with Gasteiger partial charge in [0.1, 0.15) is 0 Å². The molecule has 1 fully saturated rings. The number of rotatable bonds is 2. The van der Waals surface area contributed by atoms with Gasteiger partial charge < -0.3 is 15.3 Å². The molecule has 0 aromatic carbocycles. The summed E-state index contributed by atoms with van der Waals surface area (Å²) in [6.07, 6.45) is 0. The van der Waals surface area contributed by atoms with Gasteiger partial charge in [0.25, 0.3) is 0 Å². The summed E-state index contributed by atoms with van der Waals surface area (Å²) in [5.41, 5.74) is 0.0750. The predicted molar refractivity (Wildman–Crippen MR) is 59.0 cm³/mol. The smallest absolute Gasteiger partial charge is 0.355 e. The standard InChI is InChI=1S/C9H11N3O3S/c1-5-7(8(14)15)11-9(16-5)12-3-2-10-6(13)4-12/h2-4H2,1H3,(H,10,13)(H,14,15). The van der Waals surface area contributed by atoms with E-state index in [1.807, 2.05) is 0 Å². The van der Waals surface area contributed by atoms with E-state index in [2.05, 4.69) is 10.3 Å². The molecule has 0 saturated carbocycles. The molecule has 0 unspecified atom stereocenters. The van der Waals surface area contributed by atoms with Gasteiger partial charge in [-0.3, -0.25) is 4.79 Å². The first-order chi connectivity index (χ1) is 7.58. The molecule has 1 amide bonds. The molecule has 16 heavy (non-hydrogen) atoms. The van der Waals surface area contributed by atoms with Crippen LogP contribution in [-0.2, 0) is 4.79 Å². The molecule has 86 valence electrons. The summed E-state index contributed by atoms with van der Waals surface area (Å²) < 4.78 is 0. The lowest BCUT2D eigenvalue weighted by Gasteiger charge is -2.25. The Morgan fingerprint density at radius 2 is 2.38 bits per heavy atom. The fourth-order valence-corrected chi connectivity index (χ4v) is 2.44. The van der Waals surface area contributed by atoms with Crippen molar-refractivity contribution in [3.63, 3.8) is 0 Å². The Morgan fingerprint density at radius 3 is 2.94 bits per heavy atom. The van der Waals surface area contributed by atoms with Gasteiger partial charge in [0.05, 0.1) is 6.54 Å². The second-order valence-corrected chi connectivity index (χ2v) is 4.66. The van der Waals surface area contributed by atoms with Gasteiger partial charge in [0, 0.05) is 18.0 Å². The van der Waals surface area contributed by atoms with Crippen LogP contribution in [0.1, 0.15) is 15.4 Å². The fraction of sp³-hybridized carbons (Fsp3) is 0.444. The van der Waals surface area contributed by atoms with Gasteiger partial charge in [-0.15, -0.1) is 11.3 Å². The van der Waals surface area contributed by atoms with Crippen LogP contribution in [0.3, 0.4) is 0 Å². The maximum Gasteiger partial charge on any atom is 0.355 e. The van der Waals surface area contributed by atoms with E-state index in [0.29, 0.717) is 23.1 Å². The van der Waals surface area contributed by atoms with Crippen molar-refractivity contribution in [3.05, 3.63) is 10.6 Å². The van der Waals surface area contributed by atoms with E-state index < -0.39 is 5.97 Å². The van der Waals surface area contributed by atoms with E-state index in [4.69, 9.17) is 5.11 Å². The number of piperazine rings is 1. The van der Waals surface area contributed by atoms with Crippen molar-refractivity contribution >= 4 is 28.3 Å². The lowest BCUT2D eigenvalue weighted by atomic mass is 10.4. The average Bonchev–Trinajstić information content (AvgIpc) is 2.60. The molecule has 1 aliphatic rings. The predicted octanol–water partition coefficient (Wildman–Crippen LogP) is 0.0859. The third-order valence-electron chi connectivity index (χ3n) is 2.30. The molecule has 0 bridgehead atoms. The van der Waals surface area contributed by atoms with Crippen LogP contribution >= 0.6 is 11.3 Å². The number of carbonyl (C=O) groups excluding carboxylic acids is 1. The molecule has 0 aliphatic carbocycles. The van der Waals surface area contributed by atoms with Gasteiger partial charge in [-0.2, -0.15) is 0 Å². The zero-order chi connectivity index (χ0) is 11.7. The zero-order valence-electron chi connectivity index (χ0n) is 8.69. The maximum absolute atomic E-state index is 11.2. The lowest BCUT2D eigenvalue weighted by molar-refractivity contribution is -0.120. The van der Waals surface area contributed by atoms with E-state index in [1.165, 1.54) is 11.3 Å². The minimum atomic E-state index is -1.03. The molecule has 1 aromatic heterocycles. The number of thiazole rings is 1. The maximum atomic E-state index is 11.2. The summed E-state index contributed by atoms with van der Waals surface area (Å²) in [7, 11) is 0. The topological polar surface area (TPSA) is 82.5 Å². The molecule has 2 rings (SSSR count). The Hall–Kier alpha value is -1.63. The van der Waals surface area contributed by atoms with Gasteiger partial charge in [0.15, 0.2) is 10.8 Å². The molecular weight excluding hydrogens is 230 g/mol. The highest BCUT2D eigenvalue weighted by Crippen LogP contribution is 2.25. The molecule has 1 saturated heterocycles. The first-order valence-electron chi connectivity index (χ1n) is 4.80. The van der Waals surface area contributed by atoms with Crippen LogP contribution < -0.4 is 10.2 Å². The van der Waals surface area contributed by atoms with Crippen LogP contribution in [0, 0.1) is 6.92 Å². The fourth-order valence-electron chi connectivity index (χ4n) is 1.52. The van der Waals surface area contributed by atoms with Crippen molar-refractivity contribution < 1.29 is 14.7 Å². The van der Waals surface area contributed by atoms with Crippen molar-refractivity contribution in [2.24, 2.45) is 0 Å². The van der Waals surface area contributed by atoms with Crippen LogP contribution in [0.4, 0.5) is 5.13 Å². The molecule has 7 heteroatoms. The number of aromatic nitrogens is 1. The van der Waals surface area contributed by atoms with Crippen LogP contribution in [-0.4, -0.2) is 41.6 Å². The van der Waals surface area contributed by atoms with E-state index in [9.17, 15) is 9.59 Å². The number of carboxylic acids is 1. The Bertz CT molecular complexity index is 443. The minimum absolute atomic E-state index is 0.0593. The Labute approximate surface area is 95.9 Å². The lowest BCUT2D eigenvalue weighted by Crippen LogP contribution is -2.47. The summed E-state index contributed by atoms with van der Waals surface area (Å²) in [5.74, 6) is -1.09. The van der Waals surface area contributed by atoms with Gasteiger partial charge >= 0.3 is 5.97 Å². The van der Waals surface area contributed by atoms with Gasteiger partial charge in [-0.05, 0) is 6.92 Å². The van der Waals surface area contributed by atoms with Crippen LogP contribution in [0.15, 0.2) is 0 Å². The van der Waals surface area contributed by atoms with Gasteiger partial charge in [-0.25, -0.2) is 9.78 Å². The van der Waals surface area contributed by atoms with E-state index >= 15 is 0 Å². The Morgan fingerprint density at radius 1 is 1.62 bits per heavy atom. The molecule has 2 heterocycles. The summed E-state index contributed by atoms with van der Waals surface area (Å²) in [6, 6.07) is 0.